The monoisotopic (exact) mass is 482 g/mol. The van der Waals surface area contributed by atoms with E-state index in [2.05, 4.69) is 15.6 Å². The molecule has 0 bridgehead atoms. The van der Waals surface area contributed by atoms with Crippen LogP contribution in [0.4, 0.5) is 11.8 Å². The minimum Gasteiger partial charge on any atom is -0.438 e. The molecule has 1 aliphatic rings. The lowest BCUT2D eigenvalue weighted by atomic mass is 9.91. The van der Waals surface area contributed by atoms with Gasteiger partial charge in [-0.1, -0.05) is 30.3 Å². The highest BCUT2D eigenvalue weighted by molar-refractivity contribution is 5.96. The molecule has 1 amide bonds. The van der Waals surface area contributed by atoms with Crippen LogP contribution in [0.3, 0.4) is 0 Å². The fourth-order valence-corrected chi connectivity index (χ4v) is 4.54. The SMILES string of the molecule is CN(C)c1nc(NC2CCC(NC(=O)c3cccnc3Oc3ccccc3)CC2)nc2ccccc12. The van der Waals surface area contributed by atoms with Crippen LogP contribution in [0, 0.1) is 0 Å². The number of fused-ring (bicyclic) bond motifs is 1. The van der Waals surface area contributed by atoms with E-state index >= 15 is 0 Å². The van der Waals surface area contributed by atoms with Crippen LogP contribution in [-0.2, 0) is 0 Å². The van der Waals surface area contributed by atoms with E-state index in [1.54, 1.807) is 18.3 Å². The first-order valence-electron chi connectivity index (χ1n) is 12.3. The number of aromatic nitrogens is 3. The molecule has 0 radical (unpaired) electrons. The Morgan fingerprint density at radius 3 is 2.39 bits per heavy atom. The molecule has 184 valence electrons. The number of hydrogen-bond donors (Lipinski definition) is 2. The van der Waals surface area contributed by atoms with Gasteiger partial charge in [-0.25, -0.2) is 9.97 Å². The number of nitrogens with one attached hydrogen (secondary N) is 2. The number of ether oxygens (including phenoxy) is 1. The van der Waals surface area contributed by atoms with Crippen LogP contribution >= 0.6 is 0 Å². The Hall–Kier alpha value is -4.20. The Labute approximate surface area is 210 Å². The summed E-state index contributed by atoms with van der Waals surface area (Å²) in [6.45, 7) is 0. The highest BCUT2D eigenvalue weighted by Crippen LogP contribution is 2.27. The topological polar surface area (TPSA) is 92.3 Å². The normalized spacial score (nSPS) is 17.4. The number of rotatable bonds is 7. The average molecular weight is 483 g/mol. The van der Waals surface area contributed by atoms with Crippen molar-refractivity contribution in [2.24, 2.45) is 0 Å². The zero-order valence-electron chi connectivity index (χ0n) is 20.5. The Morgan fingerprint density at radius 1 is 0.889 bits per heavy atom. The molecule has 0 aliphatic heterocycles. The molecule has 4 aromatic rings. The first-order valence-corrected chi connectivity index (χ1v) is 12.3. The van der Waals surface area contributed by atoms with Gasteiger partial charge in [-0.3, -0.25) is 4.79 Å². The molecular formula is C28H30N6O2. The van der Waals surface area contributed by atoms with Gasteiger partial charge >= 0.3 is 0 Å². The second-order valence-electron chi connectivity index (χ2n) is 9.22. The van der Waals surface area contributed by atoms with Crippen molar-refractivity contribution in [2.45, 2.75) is 37.8 Å². The predicted molar refractivity (Wildman–Crippen MR) is 142 cm³/mol. The van der Waals surface area contributed by atoms with E-state index in [4.69, 9.17) is 14.7 Å². The molecule has 2 heterocycles. The second-order valence-corrected chi connectivity index (χ2v) is 9.22. The molecule has 8 nitrogen and oxygen atoms in total. The molecule has 36 heavy (non-hydrogen) atoms. The fourth-order valence-electron chi connectivity index (χ4n) is 4.54. The first-order chi connectivity index (χ1) is 17.6. The maximum absolute atomic E-state index is 13.1. The second kappa shape index (κ2) is 10.6. The predicted octanol–water partition coefficient (Wildman–Crippen LogP) is 5.04. The number of amides is 1. The molecule has 5 rings (SSSR count). The summed E-state index contributed by atoms with van der Waals surface area (Å²) in [5, 5.41) is 7.72. The molecule has 0 atom stereocenters. The van der Waals surface area contributed by atoms with Gasteiger partial charge < -0.3 is 20.3 Å². The van der Waals surface area contributed by atoms with Crippen LogP contribution < -0.4 is 20.3 Å². The summed E-state index contributed by atoms with van der Waals surface area (Å²) in [5.41, 5.74) is 1.35. The smallest absolute Gasteiger partial charge is 0.257 e. The van der Waals surface area contributed by atoms with Gasteiger partial charge in [0.1, 0.15) is 17.1 Å². The van der Waals surface area contributed by atoms with E-state index in [-0.39, 0.29) is 18.0 Å². The third kappa shape index (κ3) is 5.38. The molecule has 8 heteroatoms. The van der Waals surface area contributed by atoms with E-state index in [1.807, 2.05) is 73.6 Å². The number of pyridine rings is 1. The van der Waals surface area contributed by atoms with Crippen LogP contribution in [0.5, 0.6) is 11.6 Å². The summed E-state index contributed by atoms with van der Waals surface area (Å²) >= 11 is 0. The van der Waals surface area contributed by atoms with E-state index in [0.717, 1.165) is 42.4 Å². The maximum atomic E-state index is 13.1. The van der Waals surface area contributed by atoms with Gasteiger partial charge in [-0.2, -0.15) is 4.98 Å². The lowest BCUT2D eigenvalue weighted by Crippen LogP contribution is -2.40. The van der Waals surface area contributed by atoms with Crippen LogP contribution in [0.2, 0.25) is 0 Å². The van der Waals surface area contributed by atoms with Crippen molar-refractivity contribution in [3.05, 3.63) is 78.5 Å². The lowest BCUT2D eigenvalue weighted by molar-refractivity contribution is 0.0923. The zero-order valence-corrected chi connectivity index (χ0v) is 20.5. The van der Waals surface area contributed by atoms with E-state index in [1.165, 1.54) is 0 Å². The molecule has 1 fully saturated rings. The Bertz CT molecular complexity index is 1340. The van der Waals surface area contributed by atoms with E-state index in [9.17, 15) is 4.79 Å². The molecule has 0 saturated heterocycles. The quantitative estimate of drug-likeness (QED) is 0.381. The average Bonchev–Trinajstić information content (AvgIpc) is 2.90. The number of carbonyl (C=O) groups is 1. The number of benzene rings is 2. The Kier molecular flexibility index (Phi) is 6.93. The standard InChI is InChI=1S/C28H30N6O2/c1-34(2)25-22-11-6-7-13-24(22)32-28(33-25)31-20-16-14-19(15-17-20)30-26(35)23-12-8-18-29-27(23)36-21-9-4-3-5-10-21/h3-13,18-20H,14-17H2,1-2H3,(H,30,35)(H,31,32,33). The van der Waals surface area contributed by atoms with Crippen molar-refractivity contribution in [2.75, 3.05) is 24.3 Å². The van der Waals surface area contributed by atoms with E-state index < -0.39 is 0 Å². The van der Waals surface area contributed by atoms with Gasteiger partial charge in [-0.15, -0.1) is 0 Å². The van der Waals surface area contributed by atoms with Gasteiger partial charge in [0.05, 0.1) is 5.52 Å². The van der Waals surface area contributed by atoms with Crippen LogP contribution in [-0.4, -0.2) is 47.0 Å². The van der Waals surface area contributed by atoms with Gasteiger partial charge in [0, 0.05) is 37.8 Å². The summed E-state index contributed by atoms with van der Waals surface area (Å²) in [6, 6.07) is 21.2. The van der Waals surface area contributed by atoms with Crippen molar-refractivity contribution in [3.8, 4) is 11.6 Å². The minimum atomic E-state index is -0.168. The lowest BCUT2D eigenvalue weighted by Gasteiger charge is -2.30. The number of para-hydroxylation sites is 2. The van der Waals surface area contributed by atoms with Gasteiger partial charge in [0.2, 0.25) is 11.8 Å². The molecule has 2 aromatic carbocycles. The van der Waals surface area contributed by atoms with Crippen molar-refractivity contribution < 1.29 is 9.53 Å². The third-order valence-corrected chi connectivity index (χ3v) is 6.38. The Balaban J connectivity index is 1.20. The Morgan fingerprint density at radius 2 is 1.61 bits per heavy atom. The summed E-state index contributed by atoms with van der Waals surface area (Å²) in [6.07, 6.45) is 5.19. The van der Waals surface area contributed by atoms with Gasteiger partial charge in [0.25, 0.3) is 5.91 Å². The van der Waals surface area contributed by atoms with E-state index in [0.29, 0.717) is 23.1 Å². The zero-order chi connectivity index (χ0) is 24.9. The van der Waals surface area contributed by atoms with Gasteiger partial charge in [0.15, 0.2) is 0 Å². The largest absolute Gasteiger partial charge is 0.438 e. The molecule has 2 N–H and O–H groups in total. The molecule has 1 saturated carbocycles. The molecule has 0 spiro atoms. The molecule has 0 unspecified atom stereocenters. The van der Waals surface area contributed by atoms with Crippen LogP contribution in [0.1, 0.15) is 36.0 Å². The minimum absolute atomic E-state index is 0.0928. The first kappa shape index (κ1) is 23.5. The summed E-state index contributed by atoms with van der Waals surface area (Å²) < 4.78 is 5.86. The molecule has 1 aliphatic carbocycles. The highest BCUT2D eigenvalue weighted by Gasteiger charge is 2.25. The number of carbonyl (C=O) groups excluding carboxylic acids is 1. The number of nitrogens with zero attached hydrogens (tertiary/aromatic N) is 4. The van der Waals surface area contributed by atoms with Crippen molar-refractivity contribution in [1.82, 2.24) is 20.3 Å². The number of hydrogen-bond acceptors (Lipinski definition) is 7. The highest BCUT2D eigenvalue weighted by atomic mass is 16.5. The van der Waals surface area contributed by atoms with Crippen molar-refractivity contribution in [1.29, 1.82) is 0 Å². The van der Waals surface area contributed by atoms with Crippen molar-refractivity contribution in [3.63, 3.8) is 0 Å². The third-order valence-electron chi connectivity index (χ3n) is 6.38. The maximum Gasteiger partial charge on any atom is 0.257 e. The summed E-state index contributed by atoms with van der Waals surface area (Å²) in [7, 11) is 3.98. The van der Waals surface area contributed by atoms with Crippen LogP contribution in [0.15, 0.2) is 72.9 Å². The molecule has 2 aromatic heterocycles. The summed E-state index contributed by atoms with van der Waals surface area (Å²) in [4.78, 5) is 28.8. The number of anilines is 2. The summed E-state index contributed by atoms with van der Waals surface area (Å²) in [5.74, 6) is 2.32. The molecular weight excluding hydrogens is 452 g/mol. The fraction of sp³-hybridized carbons (Fsp3) is 0.286. The van der Waals surface area contributed by atoms with Gasteiger partial charge in [-0.05, 0) is 62.1 Å². The van der Waals surface area contributed by atoms with Crippen LogP contribution in [0.25, 0.3) is 10.9 Å². The van der Waals surface area contributed by atoms with Crippen molar-refractivity contribution >= 4 is 28.6 Å².